The van der Waals surface area contributed by atoms with Crippen LogP contribution in [0.5, 0.6) is 5.75 Å². The number of nitrogens with two attached hydrogens (primary N) is 1. The van der Waals surface area contributed by atoms with Crippen molar-refractivity contribution in [2.75, 3.05) is 7.11 Å². The van der Waals surface area contributed by atoms with Crippen molar-refractivity contribution in [1.82, 2.24) is 0 Å². The molecule has 2 nitrogen and oxygen atoms in total. The molecule has 106 valence electrons. The molecule has 0 heterocycles. The molecule has 2 aromatic carbocycles. The molecule has 0 bridgehead atoms. The minimum Gasteiger partial charge on any atom is -0.494 e. The van der Waals surface area contributed by atoms with Crippen molar-refractivity contribution in [3.8, 4) is 5.75 Å². The van der Waals surface area contributed by atoms with Gasteiger partial charge in [-0.15, -0.1) is 0 Å². The maximum atomic E-state index is 14.0. The molecule has 0 saturated heterocycles. The Hall–Kier alpha value is -1.94. The normalized spacial score (nSPS) is 12.2. The van der Waals surface area contributed by atoms with Crippen LogP contribution in [0.15, 0.2) is 42.5 Å². The van der Waals surface area contributed by atoms with Gasteiger partial charge in [0.05, 0.1) is 7.11 Å². The van der Waals surface area contributed by atoms with E-state index in [1.807, 2.05) is 0 Å². The topological polar surface area (TPSA) is 35.2 Å². The summed E-state index contributed by atoms with van der Waals surface area (Å²) in [7, 11) is 1.43. The van der Waals surface area contributed by atoms with Crippen molar-refractivity contribution < 1.29 is 13.5 Å². The molecule has 1 atom stereocenters. The Morgan fingerprint density at radius 3 is 2.40 bits per heavy atom. The quantitative estimate of drug-likeness (QED) is 0.911. The van der Waals surface area contributed by atoms with Crippen LogP contribution < -0.4 is 10.5 Å². The fraction of sp³-hybridized carbons (Fsp3) is 0.250. The standard InChI is InChI=1S/C16H17F2NO/c1-20-15-4-2-3-12(16(15)18)10-14(19)9-11-5-7-13(17)8-6-11/h2-8,14H,9-10,19H2,1H3. The molecule has 0 aromatic heterocycles. The number of benzene rings is 2. The number of ether oxygens (including phenoxy) is 1. The van der Waals surface area contributed by atoms with Crippen LogP contribution in [0.4, 0.5) is 8.78 Å². The molecule has 4 heteroatoms. The fourth-order valence-corrected chi connectivity index (χ4v) is 2.15. The summed E-state index contributed by atoms with van der Waals surface area (Å²) in [6.45, 7) is 0. The van der Waals surface area contributed by atoms with Crippen molar-refractivity contribution in [2.45, 2.75) is 18.9 Å². The molecule has 0 saturated carbocycles. The molecule has 2 aromatic rings. The second kappa shape index (κ2) is 6.48. The Morgan fingerprint density at radius 2 is 1.75 bits per heavy atom. The molecular weight excluding hydrogens is 260 g/mol. The van der Waals surface area contributed by atoms with Gasteiger partial charge in [-0.1, -0.05) is 24.3 Å². The predicted molar refractivity (Wildman–Crippen MR) is 74.7 cm³/mol. The second-order valence-electron chi connectivity index (χ2n) is 4.73. The van der Waals surface area contributed by atoms with E-state index in [2.05, 4.69) is 0 Å². The fourth-order valence-electron chi connectivity index (χ4n) is 2.15. The lowest BCUT2D eigenvalue weighted by Crippen LogP contribution is -2.26. The molecule has 1 unspecified atom stereocenters. The summed E-state index contributed by atoms with van der Waals surface area (Å²) in [6, 6.07) is 11.0. The van der Waals surface area contributed by atoms with Gasteiger partial charge in [0.2, 0.25) is 0 Å². The van der Waals surface area contributed by atoms with Gasteiger partial charge >= 0.3 is 0 Å². The van der Waals surface area contributed by atoms with E-state index in [1.54, 1.807) is 30.3 Å². The van der Waals surface area contributed by atoms with E-state index in [1.165, 1.54) is 19.2 Å². The molecule has 0 aliphatic carbocycles. The molecular formula is C16H17F2NO. The average Bonchev–Trinajstić information content (AvgIpc) is 2.44. The SMILES string of the molecule is COc1cccc(CC(N)Cc2ccc(F)cc2)c1F. The second-order valence-corrected chi connectivity index (χ2v) is 4.73. The first kappa shape index (κ1) is 14.5. The first-order valence-corrected chi connectivity index (χ1v) is 6.41. The van der Waals surface area contributed by atoms with Gasteiger partial charge in [0.15, 0.2) is 11.6 Å². The minimum absolute atomic E-state index is 0.219. The highest BCUT2D eigenvalue weighted by atomic mass is 19.1. The van der Waals surface area contributed by atoms with Gasteiger partial charge < -0.3 is 10.5 Å². The number of rotatable bonds is 5. The summed E-state index contributed by atoms with van der Waals surface area (Å²) < 4.78 is 31.7. The number of methoxy groups -OCH3 is 1. The summed E-state index contributed by atoms with van der Waals surface area (Å²) in [4.78, 5) is 0. The van der Waals surface area contributed by atoms with Crippen LogP contribution in [-0.4, -0.2) is 13.2 Å². The van der Waals surface area contributed by atoms with E-state index in [-0.39, 0.29) is 23.4 Å². The zero-order valence-electron chi connectivity index (χ0n) is 11.3. The Balaban J connectivity index is 2.04. The van der Waals surface area contributed by atoms with Gasteiger partial charge in [-0.2, -0.15) is 0 Å². The molecule has 2 N–H and O–H groups in total. The van der Waals surface area contributed by atoms with Crippen LogP contribution in [0.2, 0.25) is 0 Å². The van der Waals surface area contributed by atoms with E-state index in [4.69, 9.17) is 10.5 Å². The van der Waals surface area contributed by atoms with Gasteiger partial charge in [-0.25, -0.2) is 8.78 Å². The average molecular weight is 277 g/mol. The first-order chi connectivity index (χ1) is 9.60. The predicted octanol–water partition coefficient (Wildman–Crippen LogP) is 3.09. The molecule has 0 fully saturated rings. The number of hydrogen-bond donors (Lipinski definition) is 1. The van der Waals surface area contributed by atoms with E-state index >= 15 is 0 Å². The summed E-state index contributed by atoms with van der Waals surface area (Å²) in [6.07, 6.45) is 0.970. The van der Waals surface area contributed by atoms with Crippen LogP contribution in [0.3, 0.4) is 0 Å². The molecule has 0 radical (unpaired) electrons. The molecule has 0 amide bonds. The van der Waals surface area contributed by atoms with Crippen LogP contribution in [0.25, 0.3) is 0 Å². The highest BCUT2D eigenvalue weighted by Crippen LogP contribution is 2.21. The Kier molecular flexibility index (Phi) is 4.69. The van der Waals surface area contributed by atoms with Crippen LogP contribution >= 0.6 is 0 Å². The first-order valence-electron chi connectivity index (χ1n) is 6.41. The highest BCUT2D eigenvalue weighted by Gasteiger charge is 2.12. The third-order valence-corrected chi connectivity index (χ3v) is 3.16. The molecule has 0 aliphatic heterocycles. The van der Waals surface area contributed by atoms with Gasteiger partial charge in [-0.3, -0.25) is 0 Å². The van der Waals surface area contributed by atoms with Gasteiger partial charge in [0, 0.05) is 6.04 Å². The zero-order valence-corrected chi connectivity index (χ0v) is 11.3. The van der Waals surface area contributed by atoms with Crippen molar-refractivity contribution in [3.63, 3.8) is 0 Å². The van der Waals surface area contributed by atoms with E-state index < -0.39 is 0 Å². The van der Waals surface area contributed by atoms with Crippen molar-refractivity contribution in [2.24, 2.45) is 5.73 Å². The Morgan fingerprint density at radius 1 is 1.05 bits per heavy atom. The Labute approximate surface area is 117 Å². The highest BCUT2D eigenvalue weighted by molar-refractivity contribution is 5.31. The van der Waals surface area contributed by atoms with Crippen molar-refractivity contribution >= 4 is 0 Å². The molecule has 0 aliphatic rings. The van der Waals surface area contributed by atoms with Crippen LogP contribution in [-0.2, 0) is 12.8 Å². The van der Waals surface area contributed by atoms with Crippen molar-refractivity contribution in [1.29, 1.82) is 0 Å². The number of halogens is 2. The maximum absolute atomic E-state index is 14.0. The maximum Gasteiger partial charge on any atom is 0.168 e. The van der Waals surface area contributed by atoms with E-state index in [0.29, 0.717) is 18.4 Å². The van der Waals surface area contributed by atoms with E-state index in [0.717, 1.165) is 5.56 Å². The minimum atomic E-state index is -0.371. The van der Waals surface area contributed by atoms with Crippen LogP contribution in [0, 0.1) is 11.6 Å². The van der Waals surface area contributed by atoms with Gasteiger partial charge in [0.1, 0.15) is 5.82 Å². The third kappa shape index (κ3) is 3.54. The lowest BCUT2D eigenvalue weighted by atomic mass is 9.99. The smallest absolute Gasteiger partial charge is 0.168 e. The summed E-state index contributed by atoms with van der Waals surface area (Å²) in [5.41, 5.74) is 7.49. The Bertz CT molecular complexity index is 569. The molecule has 20 heavy (non-hydrogen) atoms. The van der Waals surface area contributed by atoms with Crippen molar-refractivity contribution in [3.05, 3.63) is 65.2 Å². The largest absolute Gasteiger partial charge is 0.494 e. The van der Waals surface area contributed by atoms with Crippen LogP contribution in [0.1, 0.15) is 11.1 Å². The zero-order chi connectivity index (χ0) is 14.5. The lowest BCUT2D eigenvalue weighted by molar-refractivity contribution is 0.383. The monoisotopic (exact) mass is 277 g/mol. The van der Waals surface area contributed by atoms with E-state index in [9.17, 15) is 8.78 Å². The summed E-state index contributed by atoms with van der Waals surface area (Å²) in [5, 5.41) is 0. The van der Waals surface area contributed by atoms with Gasteiger partial charge in [-0.05, 0) is 42.2 Å². The lowest BCUT2D eigenvalue weighted by Gasteiger charge is -2.13. The summed E-state index contributed by atoms with van der Waals surface area (Å²) >= 11 is 0. The molecule has 0 spiro atoms. The third-order valence-electron chi connectivity index (χ3n) is 3.16. The van der Waals surface area contributed by atoms with Gasteiger partial charge in [0.25, 0.3) is 0 Å². The number of hydrogen-bond acceptors (Lipinski definition) is 2. The molecule has 2 rings (SSSR count). The summed E-state index contributed by atoms with van der Waals surface area (Å²) in [5.74, 6) is -0.429.